The molecular weight excluding hydrogens is 324 g/mol. The predicted octanol–water partition coefficient (Wildman–Crippen LogP) is 3.31. The molecule has 2 aromatic rings. The minimum Gasteiger partial charge on any atom is -0.312 e. The second kappa shape index (κ2) is 7.23. The van der Waals surface area contributed by atoms with Crippen molar-refractivity contribution in [3.63, 3.8) is 0 Å². The third kappa shape index (κ3) is 3.28. The lowest BCUT2D eigenvalue weighted by Crippen LogP contribution is -2.53. The number of benzene rings is 1. The molecule has 0 N–H and O–H groups in total. The Morgan fingerprint density at radius 3 is 2.54 bits per heavy atom. The Bertz CT molecular complexity index is 746. The summed E-state index contributed by atoms with van der Waals surface area (Å²) >= 11 is 0. The first-order valence-electron chi connectivity index (χ1n) is 9.81. The molecule has 2 aliphatic heterocycles. The number of likely N-dealkylation sites (tertiary alicyclic amines) is 1. The lowest BCUT2D eigenvalue weighted by Gasteiger charge is -2.46. The molecule has 0 radical (unpaired) electrons. The topological polar surface area (TPSA) is 41.4 Å². The summed E-state index contributed by atoms with van der Waals surface area (Å²) in [6.07, 6.45) is 8.18. The summed E-state index contributed by atoms with van der Waals surface area (Å²) in [7, 11) is 0. The van der Waals surface area contributed by atoms with Gasteiger partial charge in [-0.15, -0.1) is 0 Å². The van der Waals surface area contributed by atoms with E-state index in [1.165, 1.54) is 5.56 Å². The molecule has 1 aromatic carbocycles. The largest absolute Gasteiger partial charge is 0.312 e. The summed E-state index contributed by atoms with van der Waals surface area (Å²) in [6.45, 7) is 6.79. The third-order valence-corrected chi connectivity index (χ3v) is 6.03. The molecule has 0 aliphatic carbocycles. The van der Waals surface area contributed by atoms with Crippen LogP contribution in [-0.4, -0.2) is 40.2 Å². The molecule has 0 atom stereocenters. The Kier molecular flexibility index (Phi) is 4.81. The highest BCUT2D eigenvalue weighted by molar-refractivity contribution is 5.98. The van der Waals surface area contributed by atoms with Crippen molar-refractivity contribution in [1.29, 1.82) is 0 Å². The van der Waals surface area contributed by atoms with Gasteiger partial charge >= 0.3 is 0 Å². The molecule has 2 fully saturated rings. The maximum absolute atomic E-state index is 13.3. The van der Waals surface area contributed by atoms with Crippen LogP contribution in [-0.2, 0) is 17.9 Å². The molecule has 3 heterocycles. The molecule has 5 nitrogen and oxygen atoms in total. The van der Waals surface area contributed by atoms with Gasteiger partial charge in [0.2, 0.25) is 5.91 Å². The average Bonchev–Trinajstić information content (AvgIpc) is 3.14. The smallest absolute Gasteiger partial charge is 0.233 e. The maximum atomic E-state index is 13.3. The van der Waals surface area contributed by atoms with Gasteiger partial charge in [-0.25, -0.2) is 0 Å². The molecule has 2 saturated heterocycles. The van der Waals surface area contributed by atoms with Crippen molar-refractivity contribution in [3.05, 3.63) is 48.3 Å². The van der Waals surface area contributed by atoms with Crippen molar-refractivity contribution in [3.8, 4) is 0 Å². The predicted molar refractivity (Wildman–Crippen MR) is 103 cm³/mol. The minimum atomic E-state index is -0.155. The first kappa shape index (κ1) is 17.3. The van der Waals surface area contributed by atoms with Gasteiger partial charge in [0, 0.05) is 37.1 Å². The summed E-state index contributed by atoms with van der Waals surface area (Å²) in [5.74, 6) is 0.341. The number of piperidine rings is 2. The molecule has 138 valence electrons. The van der Waals surface area contributed by atoms with Gasteiger partial charge in [-0.2, -0.15) is 5.10 Å². The number of aryl methyl sites for hydroxylation is 1. The highest BCUT2D eigenvalue weighted by Gasteiger charge is 2.45. The molecule has 5 heteroatoms. The van der Waals surface area contributed by atoms with Crippen LogP contribution in [0.4, 0.5) is 5.69 Å². The Balaban J connectivity index is 1.41. The van der Waals surface area contributed by atoms with E-state index in [9.17, 15) is 4.79 Å². The van der Waals surface area contributed by atoms with Crippen molar-refractivity contribution < 1.29 is 4.79 Å². The van der Waals surface area contributed by atoms with E-state index in [0.29, 0.717) is 5.91 Å². The SMILES string of the molecule is CCn1cc(CN2CCC3(CCCN(c4ccccc4)C3=O)CC2)cn1. The Labute approximate surface area is 155 Å². The number of para-hydroxylation sites is 1. The van der Waals surface area contributed by atoms with Crippen LogP contribution in [0.3, 0.4) is 0 Å². The van der Waals surface area contributed by atoms with E-state index in [1.807, 2.05) is 34.0 Å². The Hall–Kier alpha value is -2.14. The van der Waals surface area contributed by atoms with Crippen molar-refractivity contribution >= 4 is 11.6 Å². The second-order valence-electron chi connectivity index (χ2n) is 7.66. The molecule has 1 aromatic heterocycles. The Morgan fingerprint density at radius 2 is 1.85 bits per heavy atom. The van der Waals surface area contributed by atoms with Gasteiger partial charge in [0.25, 0.3) is 0 Å². The quantitative estimate of drug-likeness (QED) is 0.848. The summed E-state index contributed by atoms with van der Waals surface area (Å²) < 4.78 is 1.98. The molecule has 4 rings (SSSR count). The van der Waals surface area contributed by atoms with E-state index in [0.717, 1.165) is 64.1 Å². The molecule has 2 aliphatic rings. The van der Waals surface area contributed by atoms with E-state index in [-0.39, 0.29) is 5.41 Å². The fourth-order valence-electron chi connectivity index (χ4n) is 4.45. The van der Waals surface area contributed by atoms with E-state index in [4.69, 9.17) is 0 Å². The summed E-state index contributed by atoms with van der Waals surface area (Å²) in [5.41, 5.74) is 2.16. The van der Waals surface area contributed by atoms with E-state index in [2.05, 4.69) is 35.3 Å². The fourth-order valence-corrected chi connectivity index (χ4v) is 4.45. The second-order valence-corrected chi connectivity index (χ2v) is 7.66. The van der Waals surface area contributed by atoms with E-state index < -0.39 is 0 Å². The lowest BCUT2D eigenvalue weighted by molar-refractivity contribution is -0.133. The molecule has 0 bridgehead atoms. The van der Waals surface area contributed by atoms with Crippen LogP contribution >= 0.6 is 0 Å². The van der Waals surface area contributed by atoms with Crippen molar-refractivity contribution in [1.82, 2.24) is 14.7 Å². The van der Waals surface area contributed by atoms with Gasteiger partial charge in [0.15, 0.2) is 0 Å². The number of rotatable bonds is 4. The lowest BCUT2D eigenvalue weighted by atomic mass is 9.71. The zero-order valence-electron chi connectivity index (χ0n) is 15.6. The van der Waals surface area contributed by atoms with Crippen molar-refractivity contribution in [2.24, 2.45) is 5.41 Å². The van der Waals surface area contributed by atoms with Gasteiger partial charge in [0.1, 0.15) is 0 Å². The third-order valence-electron chi connectivity index (χ3n) is 6.03. The van der Waals surface area contributed by atoms with Crippen LogP contribution in [0.15, 0.2) is 42.7 Å². The maximum Gasteiger partial charge on any atom is 0.233 e. The van der Waals surface area contributed by atoms with Crippen molar-refractivity contribution in [2.75, 3.05) is 24.5 Å². The zero-order chi connectivity index (χ0) is 18.0. The molecule has 1 spiro atoms. The first-order valence-corrected chi connectivity index (χ1v) is 9.81. The summed E-state index contributed by atoms with van der Waals surface area (Å²) in [5, 5.41) is 4.37. The number of nitrogens with zero attached hydrogens (tertiary/aromatic N) is 4. The van der Waals surface area contributed by atoms with Gasteiger partial charge in [-0.3, -0.25) is 14.4 Å². The van der Waals surface area contributed by atoms with Crippen LogP contribution in [0.5, 0.6) is 0 Å². The number of amides is 1. The first-order chi connectivity index (χ1) is 12.7. The van der Waals surface area contributed by atoms with Crippen LogP contribution < -0.4 is 4.90 Å². The van der Waals surface area contributed by atoms with Crippen LogP contribution in [0, 0.1) is 5.41 Å². The number of hydrogen-bond donors (Lipinski definition) is 0. The van der Waals surface area contributed by atoms with Crippen LogP contribution in [0.2, 0.25) is 0 Å². The number of carbonyl (C=O) groups excluding carboxylic acids is 1. The molecule has 26 heavy (non-hydrogen) atoms. The highest BCUT2D eigenvalue weighted by atomic mass is 16.2. The number of aromatic nitrogens is 2. The molecular formula is C21H28N4O. The highest BCUT2D eigenvalue weighted by Crippen LogP contribution is 2.42. The normalized spacial score (nSPS) is 20.7. The number of anilines is 1. The van der Waals surface area contributed by atoms with E-state index in [1.54, 1.807) is 0 Å². The van der Waals surface area contributed by atoms with Gasteiger partial charge < -0.3 is 4.90 Å². The fraction of sp³-hybridized carbons (Fsp3) is 0.524. The molecule has 0 unspecified atom stereocenters. The average molecular weight is 352 g/mol. The van der Waals surface area contributed by atoms with Gasteiger partial charge in [0.05, 0.1) is 11.6 Å². The van der Waals surface area contributed by atoms with E-state index >= 15 is 0 Å². The summed E-state index contributed by atoms with van der Waals surface area (Å²) in [4.78, 5) is 17.8. The standard InChI is InChI=1S/C21H28N4O/c1-2-24-17-18(15-22-24)16-23-13-10-21(11-14-23)9-6-12-25(20(21)26)19-7-4-3-5-8-19/h3-5,7-8,15,17H,2,6,9-14,16H2,1H3. The van der Waals surface area contributed by atoms with Crippen LogP contribution in [0.1, 0.15) is 38.2 Å². The summed E-state index contributed by atoms with van der Waals surface area (Å²) in [6, 6.07) is 10.1. The minimum absolute atomic E-state index is 0.155. The van der Waals surface area contributed by atoms with Gasteiger partial charge in [-0.05, 0) is 57.8 Å². The molecule has 1 amide bonds. The Morgan fingerprint density at radius 1 is 1.08 bits per heavy atom. The van der Waals surface area contributed by atoms with Crippen LogP contribution in [0.25, 0.3) is 0 Å². The van der Waals surface area contributed by atoms with Crippen molar-refractivity contribution in [2.45, 2.75) is 45.7 Å². The van der Waals surface area contributed by atoms with Gasteiger partial charge in [-0.1, -0.05) is 18.2 Å². The monoisotopic (exact) mass is 352 g/mol. The molecule has 0 saturated carbocycles. The number of carbonyl (C=O) groups is 1. The number of hydrogen-bond acceptors (Lipinski definition) is 3. The zero-order valence-corrected chi connectivity index (χ0v) is 15.6.